The number of benzene rings is 2. The van der Waals surface area contributed by atoms with E-state index in [9.17, 15) is 4.79 Å². The van der Waals surface area contributed by atoms with Crippen LogP contribution < -0.4 is 9.47 Å². The fourth-order valence-corrected chi connectivity index (χ4v) is 4.80. The van der Waals surface area contributed by atoms with Crippen LogP contribution in [0.3, 0.4) is 0 Å². The number of rotatable bonds is 8. The van der Waals surface area contributed by atoms with Crippen LogP contribution in [0, 0.1) is 0 Å². The summed E-state index contributed by atoms with van der Waals surface area (Å²) in [6, 6.07) is 13.5. The average Bonchev–Trinajstić information content (AvgIpc) is 3.19. The van der Waals surface area contributed by atoms with Gasteiger partial charge in [0.05, 0.1) is 18.1 Å². The van der Waals surface area contributed by atoms with Crippen molar-refractivity contribution in [2.24, 2.45) is 0 Å². The molecule has 1 saturated heterocycles. The standard InChI is InChI=1S/C28H36ClN3O4/c1-28(2,3)36-27(33)31-16-6-5-8-21(31)9-7-17-32-25-15-14-23(34-4)18-24(25)30-26(32)19-35-22-12-10-20(29)11-13-22/h10-15,18,21H,5-9,16-17,19H2,1-4H3. The van der Waals surface area contributed by atoms with Gasteiger partial charge >= 0.3 is 6.09 Å². The minimum Gasteiger partial charge on any atom is -0.497 e. The molecule has 2 heterocycles. The van der Waals surface area contributed by atoms with E-state index in [4.69, 9.17) is 30.8 Å². The molecule has 0 radical (unpaired) electrons. The molecule has 1 unspecified atom stereocenters. The molecule has 1 fully saturated rings. The third-order valence-electron chi connectivity index (χ3n) is 6.39. The van der Waals surface area contributed by atoms with Gasteiger partial charge in [-0.3, -0.25) is 0 Å². The number of carbonyl (C=O) groups excluding carboxylic acids is 1. The van der Waals surface area contributed by atoms with Crippen LogP contribution >= 0.6 is 11.6 Å². The molecule has 0 spiro atoms. The number of hydrogen-bond donors (Lipinski definition) is 0. The van der Waals surface area contributed by atoms with E-state index in [0.29, 0.717) is 11.6 Å². The van der Waals surface area contributed by atoms with Crippen molar-refractivity contribution in [1.29, 1.82) is 0 Å². The van der Waals surface area contributed by atoms with Crippen LogP contribution in [0.4, 0.5) is 4.79 Å². The third-order valence-corrected chi connectivity index (χ3v) is 6.64. The monoisotopic (exact) mass is 513 g/mol. The first-order valence-corrected chi connectivity index (χ1v) is 13.0. The minimum atomic E-state index is -0.491. The summed E-state index contributed by atoms with van der Waals surface area (Å²) in [5.41, 5.74) is 1.42. The Balaban J connectivity index is 1.47. The molecule has 3 aromatic rings. The number of nitrogens with zero attached hydrogens (tertiary/aromatic N) is 3. The molecule has 1 amide bonds. The van der Waals surface area contributed by atoms with Gasteiger partial charge in [-0.05, 0) is 89.3 Å². The van der Waals surface area contributed by atoms with Crippen molar-refractivity contribution in [3.63, 3.8) is 0 Å². The van der Waals surface area contributed by atoms with E-state index in [0.717, 1.165) is 73.6 Å². The highest BCUT2D eigenvalue weighted by Crippen LogP contribution is 2.27. The molecule has 4 rings (SSSR count). The summed E-state index contributed by atoms with van der Waals surface area (Å²) in [5, 5.41) is 0.671. The first-order chi connectivity index (χ1) is 17.2. The molecular weight excluding hydrogens is 478 g/mol. The summed E-state index contributed by atoms with van der Waals surface area (Å²) >= 11 is 6.00. The number of ether oxygens (including phenoxy) is 3. The Kier molecular flexibility index (Phi) is 8.29. The molecule has 1 aromatic heterocycles. The summed E-state index contributed by atoms with van der Waals surface area (Å²) in [7, 11) is 1.66. The summed E-state index contributed by atoms with van der Waals surface area (Å²) < 4.78 is 19.3. The largest absolute Gasteiger partial charge is 0.497 e. The molecule has 0 aliphatic carbocycles. The maximum atomic E-state index is 12.8. The first-order valence-electron chi connectivity index (χ1n) is 12.6. The molecule has 0 bridgehead atoms. The van der Waals surface area contributed by atoms with Crippen molar-refractivity contribution in [2.45, 2.75) is 77.7 Å². The molecule has 194 valence electrons. The van der Waals surface area contributed by atoms with E-state index in [1.54, 1.807) is 7.11 Å². The normalized spacial score (nSPS) is 16.2. The number of piperidine rings is 1. The number of aromatic nitrogens is 2. The van der Waals surface area contributed by atoms with Crippen molar-refractivity contribution in [2.75, 3.05) is 13.7 Å². The van der Waals surface area contributed by atoms with Gasteiger partial charge in [-0.2, -0.15) is 0 Å². The second-order valence-corrected chi connectivity index (χ2v) is 10.7. The Bertz CT molecular complexity index is 1170. The quantitative estimate of drug-likeness (QED) is 0.329. The number of halogens is 1. The predicted molar refractivity (Wildman–Crippen MR) is 142 cm³/mol. The van der Waals surface area contributed by atoms with Gasteiger partial charge in [0.1, 0.15) is 29.5 Å². The van der Waals surface area contributed by atoms with Gasteiger partial charge in [0.15, 0.2) is 0 Å². The van der Waals surface area contributed by atoms with E-state index < -0.39 is 5.60 Å². The van der Waals surface area contributed by atoms with Crippen LogP contribution in [0.25, 0.3) is 11.0 Å². The number of likely N-dealkylation sites (tertiary alicyclic amines) is 1. The number of aryl methyl sites for hydroxylation is 1. The Morgan fingerprint density at radius 2 is 1.86 bits per heavy atom. The van der Waals surface area contributed by atoms with E-state index in [1.165, 1.54) is 0 Å². The molecule has 7 nitrogen and oxygen atoms in total. The fraction of sp³-hybridized carbons (Fsp3) is 0.500. The predicted octanol–water partition coefficient (Wildman–Crippen LogP) is 6.85. The summed E-state index contributed by atoms with van der Waals surface area (Å²) in [5.74, 6) is 2.36. The summed E-state index contributed by atoms with van der Waals surface area (Å²) in [6.45, 7) is 7.62. The number of methoxy groups -OCH3 is 1. The molecule has 0 N–H and O–H groups in total. The second-order valence-electron chi connectivity index (χ2n) is 10.2. The van der Waals surface area contributed by atoms with Gasteiger partial charge in [-0.25, -0.2) is 9.78 Å². The highest BCUT2D eigenvalue weighted by Gasteiger charge is 2.30. The molecule has 1 atom stereocenters. The molecular formula is C28H36ClN3O4. The molecule has 8 heteroatoms. The summed E-state index contributed by atoms with van der Waals surface area (Å²) in [4.78, 5) is 19.6. The van der Waals surface area contributed by atoms with E-state index in [1.807, 2.05) is 68.1 Å². The highest BCUT2D eigenvalue weighted by atomic mass is 35.5. The lowest BCUT2D eigenvalue weighted by Gasteiger charge is -2.37. The van der Waals surface area contributed by atoms with Gasteiger partial charge in [0.2, 0.25) is 0 Å². The molecule has 2 aromatic carbocycles. The van der Waals surface area contributed by atoms with Crippen molar-refractivity contribution < 1.29 is 19.0 Å². The van der Waals surface area contributed by atoms with Gasteiger partial charge in [0, 0.05) is 30.2 Å². The second kappa shape index (κ2) is 11.4. The van der Waals surface area contributed by atoms with Crippen LogP contribution in [0.2, 0.25) is 5.02 Å². The fourth-order valence-electron chi connectivity index (χ4n) is 4.67. The Morgan fingerprint density at radius 1 is 1.11 bits per heavy atom. The Morgan fingerprint density at radius 3 is 2.58 bits per heavy atom. The van der Waals surface area contributed by atoms with Crippen LogP contribution in [0.5, 0.6) is 11.5 Å². The zero-order chi connectivity index (χ0) is 25.7. The van der Waals surface area contributed by atoms with E-state index in [-0.39, 0.29) is 12.1 Å². The highest BCUT2D eigenvalue weighted by molar-refractivity contribution is 6.30. The molecule has 1 aliphatic heterocycles. The average molecular weight is 514 g/mol. The van der Waals surface area contributed by atoms with Gasteiger partial charge in [-0.15, -0.1) is 0 Å². The third kappa shape index (κ3) is 6.64. The smallest absolute Gasteiger partial charge is 0.410 e. The zero-order valence-corrected chi connectivity index (χ0v) is 22.4. The number of amides is 1. The van der Waals surface area contributed by atoms with E-state index in [2.05, 4.69) is 4.57 Å². The first kappa shape index (κ1) is 26.1. The SMILES string of the molecule is COc1ccc2c(c1)nc(COc1ccc(Cl)cc1)n2CCCC1CCCCN1C(=O)OC(C)(C)C. The number of carbonyl (C=O) groups is 1. The van der Waals surface area contributed by atoms with E-state index >= 15 is 0 Å². The summed E-state index contributed by atoms with van der Waals surface area (Å²) in [6.07, 6.45) is 4.79. The maximum Gasteiger partial charge on any atom is 0.410 e. The lowest BCUT2D eigenvalue weighted by Crippen LogP contribution is -2.46. The van der Waals surface area contributed by atoms with Crippen LogP contribution in [-0.2, 0) is 17.9 Å². The van der Waals surface area contributed by atoms with Crippen LogP contribution in [-0.4, -0.2) is 45.8 Å². The topological polar surface area (TPSA) is 65.8 Å². The van der Waals surface area contributed by atoms with Gasteiger partial charge in [0.25, 0.3) is 0 Å². The maximum absolute atomic E-state index is 12.8. The number of hydrogen-bond acceptors (Lipinski definition) is 5. The number of fused-ring (bicyclic) bond motifs is 1. The lowest BCUT2D eigenvalue weighted by atomic mass is 9.98. The van der Waals surface area contributed by atoms with Crippen molar-refractivity contribution in [1.82, 2.24) is 14.5 Å². The van der Waals surface area contributed by atoms with Gasteiger partial charge in [-0.1, -0.05) is 11.6 Å². The Labute approximate surface area is 218 Å². The lowest BCUT2D eigenvalue weighted by molar-refractivity contribution is 0.00852. The minimum absolute atomic E-state index is 0.192. The molecule has 1 aliphatic rings. The van der Waals surface area contributed by atoms with Crippen molar-refractivity contribution in [3.05, 3.63) is 53.3 Å². The van der Waals surface area contributed by atoms with Crippen LogP contribution in [0.1, 0.15) is 58.7 Å². The zero-order valence-electron chi connectivity index (χ0n) is 21.6. The van der Waals surface area contributed by atoms with Crippen molar-refractivity contribution in [3.8, 4) is 11.5 Å². The molecule has 0 saturated carbocycles. The number of imidazole rings is 1. The Hall–Kier alpha value is -2.93. The molecule has 36 heavy (non-hydrogen) atoms. The van der Waals surface area contributed by atoms with Gasteiger partial charge < -0.3 is 23.7 Å². The van der Waals surface area contributed by atoms with Crippen LogP contribution in [0.15, 0.2) is 42.5 Å². The van der Waals surface area contributed by atoms with Crippen molar-refractivity contribution >= 4 is 28.7 Å².